The molecule has 0 bridgehead atoms. The van der Waals surface area contributed by atoms with Gasteiger partial charge in [0.2, 0.25) is 0 Å². The lowest BCUT2D eigenvalue weighted by atomic mass is 10.1. The van der Waals surface area contributed by atoms with Crippen molar-refractivity contribution in [3.05, 3.63) is 125 Å². The molecule has 202 valence electrons. The van der Waals surface area contributed by atoms with Crippen LogP contribution in [0, 0.1) is 6.92 Å². The number of nitrogens with one attached hydrogen (secondary N) is 1. The van der Waals surface area contributed by atoms with Crippen LogP contribution in [0.3, 0.4) is 0 Å². The van der Waals surface area contributed by atoms with E-state index in [0.29, 0.717) is 5.56 Å². The molecular weight excluding hydrogens is 532 g/mol. The second kappa shape index (κ2) is 11.4. The molecule has 4 aromatic carbocycles. The fraction of sp³-hybridized carbons (Fsp3) is 0.167. The SMILES string of the molecule is Cc1ccc(S(=O)(=O)N(Cc2ccccc2)c2ccccc2C(=O)N[C@@H](C)c2ccc(S(C)(=O)=O)cc2)cc1. The molecule has 0 aromatic heterocycles. The number of sulfone groups is 1. The predicted molar refractivity (Wildman–Crippen MR) is 153 cm³/mol. The van der Waals surface area contributed by atoms with Crippen LogP contribution in [-0.2, 0) is 26.4 Å². The van der Waals surface area contributed by atoms with Gasteiger partial charge in [0, 0.05) is 6.26 Å². The van der Waals surface area contributed by atoms with Gasteiger partial charge in [0.15, 0.2) is 9.84 Å². The van der Waals surface area contributed by atoms with Crippen LogP contribution in [0.4, 0.5) is 5.69 Å². The van der Waals surface area contributed by atoms with E-state index in [0.717, 1.165) is 17.4 Å². The number of benzene rings is 4. The summed E-state index contributed by atoms with van der Waals surface area (Å²) in [6.07, 6.45) is 1.13. The molecule has 0 fully saturated rings. The summed E-state index contributed by atoms with van der Waals surface area (Å²) >= 11 is 0. The summed E-state index contributed by atoms with van der Waals surface area (Å²) in [5.41, 5.74) is 2.86. The molecule has 4 aromatic rings. The van der Waals surface area contributed by atoms with E-state index >= 15 is 0 Å². The molecule has 0 radical (unpaired) electrons. The Bertz CT molecular complexity index is 1670. The van der Waals surface area contributed by atoms with Gasteiger partial charge in [-0.05, 0) is 61.4 Å². The van der Waals surface area contributed by atoms with Crippen LogP contribution in [0.15, 0.2) is 113 Å². The van der Waals surface area contributed by atoms with Crippen LogP contribution in [0.25, 0.3) is 0 Å². The van der Waals surface area contributed by atoms with Gasteiger partial charge in [-0.3, -0.25) is 9.10 Å². The lowest BCUT2D eigenvalue weighted by molar-refractivity contribution is 0.0940. The summed E-state index contributed by atoms with van der Waals surface area (Å²) in [6, 6.07) is 28.2. The van der Waals surface area contributed by atoms with E-state index in [1.54, 1.807) is 67.6 Å². The van der Waals surface area contributed by atoms with Gasteiger partial charge in [0.25, 0.3) is 15.9 Å². The number of amides is 1. The van der Waals surface area contributed by atoms with E-state index in [-0.39, 0.29) is 27.6 Å². The van der Waals surface area contributed by atoms with E-state index in [1.807, 2.05) is 37.3 Å². The minimum Gasteiger partial charge on any atom is -0.345 e. The van der Waals surface area contributed by atoms with Crippen molar-refractivity contribution < 1.29 is 21.6 Å². The fourth-order valence-electron chi connectivity index (χ4n) is 4.13. The topological polar surface area (TPSA) is 101 Å². The molecule has 9 heteroatoms. The normalized spacial score (nSPS) is 12.5. The molecule has 7 nitrogen and oxygen atoms in total. The van der Waals surface area contributed by atoms with Gasteiger partial charge in [-0.15, -0.1) is 0 Å². The zero-order valence-corrected chi connectivity index (χ0v) is 23.5. The van der Waals surface area contributed by atoms with Crippen molar-refractivity contribution in [2.45, 2.75) is 36.2 Å². The van der Waals surface area contributed by atoms with E-state index in [9.17, 15) is 21.6 Å². The first kappa shape index (κ1) is 28.1. The highest BCUT2D eigenvalue weighted by Gasteiger charge is 2.29. The van der Waals surface area contributed by atoms with Crippen molar-refractivity contribution in [1.29, 1.82) is 0 Å². The number of hydrogen-bond acceptors (Lipinski definition) is 5. The Kier molecular flexibility index (Phi) is 8.22. The number of carbonyl (C=O) groups excluding carboxylic acids is 1. The van der Waals surface area contributed by atoms with E-state index < -0.39 is 31.8 Å². The molecule has 4 rings (SSSR count). The minimum absolute atomic E-state index is 0.0316. The number of carbonyl (C=O) groups is 1. The van der Waals surface area contributed by atoms with Crippen molar-refractivity contribution in [2.24, 2.45) is 0 Å². The van der Waals surface area contributed by atoms with Crippen molar-refractivity contribution in [2.75, 3.05) is 10.6 Å². The Hall–Kier alpha value is -3.95. The highest BCUT2D eigenvalue weighted by Crippen LogP contribution is 2.30. The quantitative estimate of drug-likeness (QED) is 0.299. The second-order valence-corrected chi connectivity index (χ2v) is 13.2. The Morgan fingerprint density at radius 3 is 1.95 bits per heavy atom. The van der Waals surface area contributed by atoms with E-state index in [2.05, 4.69) is 5.32 Å². The molecule has 0 unspecified atom stereocenters. The maximum Gasteiger partial charge on any atom is 0.264 e. The molecule has 0 saturated carbocycles. The smallest absolute Gasteiger partial charge is 0.264 e. The second-order valence-electron chi connectivity index (χ2n) is 9.36. The summed E-state index contributed by atoms with van der Waals surface area (Å²) in [5.74, 6) is -0.456. The zero-order chi connectivity index (χ0) is 28.2. The van der Waals surface area contributed by atoms with Gasteiger partial charge in [0.05, 0.1) is 33.6 Å². The van der Waals surface area contributed by atoms with Gasteiger partial charge in [0.1, 0.15) is 0 Å². The third-order valence-corrected chi connectivity index (χ3v) is 9.25. The molecule has 0 spiro atoms. The maximum atomic E-state index is 13.9. The van der Waals surface area contributed by atoms with Crippen LogP contribution in [0.1, 0.15) is 40.0 Å². The largest absolute Gasteiger partial charge is 0.345 e. The highest BCUT2D eigenvalue weighted by atomic mass is 32.2. The maximum absolute atomic E-state index is 13.9. The number of rotatable bonds is 9. The van der Waals surface area contributed by atoms with Gasteiger partial charge in [-0.2, -0.15) is 0 Å². The van der Waals surface area contributed by atoms with Gasteiger partial charge < -0.3 is 5.32 Å². The predicted octanol–water partition coefficient (Wildman–Crippen LogP) is 5.29. The summed E-state index contributed by atoms with van der Waals surface area (Å²) < 4.78 is 52.7. The summed E-state index contributed by atoms with van der Waals surface area (Å²) in [7, 11) is -7.37. The minimum atomic E-state index is -4.03. The first-order valence-corrected chi connectivity index (χ1v) is 15.6. The Morgan fingerprint density at radius 2 is 1.33 bits per heavy atom. The molecule has 0 aliphatic carbocycles. The van der Waals surface area contributed by atoms with Crippen LogP contribution in [-0.4, -0.2) is 29.0 Å². The molecule has 0 heterocycles. The van der Waals surface area contributed by atoms with Crippen LogP contribution in [0.2, 0.25) is 0 Å². The highest BCUT2D eigenvalue weighted by molar-refractivity contribution is 7.92. The Balaban J connectivity index is 1.70. The van der Waals surface area contributed by atoms with Crippen molar-refractivity contribution in [3.63, 3.8) is 0 Å². The molecule has 39 heavy (non-hydrogen) atoms. The molecular formula is C30H30N2O5S2. The summed E-state index contributed by atoms with van der Waals surface area (Å²) in [4.78, 5) is 13.8. The fourth-order valence-corrected chi connectivity index (χ4v) is 6.23. The first-order valence-electron chi connectivity index (χ1n) is 12.3. The number of aryl methyl sites for hydroxylation is 1. The number of nitrogens with zero attached hydrogens (tertiary/aromatic N) is 1. The monoisotopic (exact) mass is 562 g/mol. The average Bonchev–Trinajstić information content (AvgIpc) is 2.92. The summed E-state index contributed by atoms with van der Waals surface area (Å²) in [6.45, 7) is 3.69. The molecule has 1 N–H and O–H groups in total. The molecule has 0 aliphatic rings. The number of anilines is 1. The lowest BCUT2D eigenvalue weighted by Gasteiger charge is -2.27. The Labute approximate surface area is 230 Å². The van der Waals surface area contributed by atoms with E-state index in [4.69, 9.17) is 0 Å². The molecule has 1 amide bonds. The lowest BCUT2D eigenvalue weighted by Crippen LogP contribution is -2.34. The number of hydrogen-bond donors (Lipinski definition) is 1. The van der Waals surface area contributed by atoms with Gasteiger partial charge in [-0.25, -0.2) is 16.8 Å². The van der Waals surface area contributed by atoms with Gasteiger partial charge >= 0.3 is 0 Å². The molecule has 0 aliphatic heterocycles. The van der Waals surface area contributed by atoms with Crippen LogP contribution >= 0.6 is 0 Å². The zero-order valence-electron chi connectivity index (χ0n) is 21.9. The van der Waals surface area contributed by atoms with Crippen LogP contribution in [0.5, 0.6) is 0 Å². The third kappa shape index (κ3) is 6.55. The van der Waals surface area contributed by atoms with Crippen molar-refractivity contribution in [3.8, 4) is 0 Å². The van der Waals surface area contributed by atoms with Crippen molar-refractivity contribution >= 4 is 31.5 Å². The number of sulfonamides is 1. The summed E-state index contributed by atoms with van der Waals surface area (Å²) in [5, 5.41) is 2.92. The average molecular weight is 563 g/mol. The Morgan fingerprint density at radius 1 is 0.769 bits per heavy atom. The number of para-hydroxylation sites is 1. The van der Waals surface area contributed by atoms with Crippen LogP contribution < -0.4 is 9.62 Å². The van der Waals surface area contributed by atoms with Crippen molar-refractivity contribution in [1.82, 2.24) is 5.32 Å². The molecule has 1 atom stereocenters. The third-order valence-electron chi connectivity index (χ3n) is 6.35. The molecule has 0 saturated heterocycles. The first-order chi connectivity index (χ1) is 18.5. The van der Waals surface area contributed by atoms with E-state index in [1.165, 1.54) is 16.4 Å². The van der Waals surface area contributed by atoms with Gasteiger partial charge in [-0.1, -0.05) is 72.3 Å². The standard InChI is InChI=1S/C30H30N2O5S2/c1-22-13-17-27(18-14-22)39(36,37)32(21-24-9-5-4-6-10-24)29-12-8-7-11-28(29)30(33)31-23(2)25-15-19-26(20-16-25)38(3,34)35/h4-20,23H,21H2,1-3H3,(H,31,33)/t23-/m0/s1.